The molecule has 0 spiro atoms. The van der Waals surface area contributed by atoms with Crippen molar-refractivity contribution in [1.82, 2.24) is 10.6 Å². The van der Waals surface area contributed by atoms with Crippen molar-refractivity contribution in [3.8, 4) is 0 Å². The Labute approximate surface area is 92.2 Å². The van der Waals surface area contributed by atoms with E-state index < -0.39 is 11.8 Å². The molecule has 88 valence electrons. The topological polar surface area (TPSA) is 96.9 Å². The molecule has 0 aliphatic carbocycles. The Morgan fingerprint density at radius 2 is 1.94 bits per heavy atom. The van der Waals surface area contributed by atoms with Gasteiger partial charge in [0.25, 0.3) is 0 Å². The third-order valence-electron chi connectivity index (χ3n) is 1.78. The van der Waals surface area contributed by atoms with Gasteiger partial charge >= 0.3 is 17.8 Å². The lowest BCUT2D eigenvalue weighted by atomic mass is 10.3. The predicted molar refractivity (Wildman–Crippen MR) is 54.5 cm³/mol. The number of carbonyl (C=O) groups is 3. The first-order valence-corrected chi connectivity index (χ1v) is 4.96. The van der Waals surface area contributed by atoms with Gasteiger partial charge in [-0.15, -0.1) is 0 Å². The van der Waals surface area contributed by atoms with Crippen LogP contribution in [0.5, 0.6) is 0 Å². The first-order valence-electron chi connectivity index (χ1n) is 4.96. The normalized spacial score (nSPS) is 14.4. The first kappa shape index (κ1) is 12.2. The van der Waals surface area contributed by atoms with Gasteiger partial charge in [0.05, 0.1) is 6.61 Å². The maximum atomic E-state index is 10.9. The summed E-state index contributed by atoms with van der Waals surface area (Å²) in [4.78, 5) is 36.3. The lowest BCUT2D eigenvalue weighted by molar-refractivity contribution is -0.143. The second-order valence-electron chi connectivity index (χ2n) is 3.05. The standard InChI is InChI=1S/C9H13N3O4/c1-2-16-6(13)4-3-5-10-9-11-7(14)8(15)12-9/h2-5H2,1H3,(H2,10,11,12,14,15). The van der Waals surface area contributed by atoms with E-state index in [1.807, 2.05) is 0 Å². The quantitative estimate of drug-likeness (QED) is 0.355. The van der Waals surface area contributed by atoms with Crippen molar-refractivity contribution in [1.29, 1.82) is 0 Å². The number of amides is 2. The van der Waals surface area contributed by atoms with E-state index >= 15 is 0 Å². The van der Waals surface area contributed by atoms with Crippen molar-refractivity contribution in [2.75, 3.05) is 13.2 Å². The summed E-state index contributed by atoms with van der Waals surface area (Å²) in [7, 11) is 0. The highest BCUT2D eigenvalue weighted by molar-refractivity contribution is 6.45. The van der Waals surface area contributed by atoms with Crippen LogP contribution in [-0.2, 0) is 19.1 Å². The third-order valence-corrected chi connectivity index (χ3v) is 1.78. The number of esters is 1. The molecular formula is C9H13N3O4. The largest absolute Gasteiger partial charge is 0.466 e. The fourth-order valence-electron chi connectivity index (χ4n) is 1.09. The fourth-order valence-corrected chi connectivity index (χ4v) is 1.09. The molecule has 2 amide bonds. The van der Waals surface area contributed by atoms with E-state index in [-0.39, 0.29) is 18.3 Å². The van der Waals surface area contributed by atoms with Crippen LogP contribution in [0.1, 0.15) is 19.8 Å². The Morgan fingerprint density at radius 3 is 2.50 bits per heavy atom. The third kappa shape index (κ3) is 3.68. The van der Waals surface area contributed by atoms with Crippen LogP contribution in [0.15, 0.2) is 4.99 Å². The van der Waals surface area contributed by atoms with Crippen molar-refractivity contribution in [3.63, 3.8) is 0 Å². The average Bonchev–Trinajstić information content (AvgIpc) is 2.54. The molecule has 0 aromatic rings. The monoisotopic (exact) mass is 227 g/mol. The van der Waals surface area contributed by atoms with Crippen LogP contribution in [0.3, 0.4) is 0 Å². The SMILES string of the molecule is CCOC(=O)CCCN=C1NC(=O)C(=O)N1. The van der Waals surface area contributed by atoms with Crippen LogP contribution in [-0.4, -0.2) is 36.9 Å². The average molecular weight is 227 g/mol. The van der Waals surface area contributed by atoms with Crippen molar-refractivity contribution in [2.45, 2.75) is 19.8 Å². The van der Waals surface area contributed by atoms with Crippen molar-refractivity contribution < 1.29 is 19.1 Å². The molecule has 0 aromatic heterocycles. The number of hydrogen-bond acceptors (Lipinski definition) is 5. The molecule has 7 nitrogen and oxygen atoms in total. The van der Waals surface area contributed by atoms with Gasteiger partial charge in [0, 0.05) is 13.0 Å². The molecular weight excluding hydrogens is 214 g/mol. The van der Waals surface area contributed by atoms with Crippen molar-refractivity contribution >= 4 is 23.7 Å². The molecule has 1 aliphatic heterocycles. The van der Waals surface area contributed by atoms with Gasteiger partial charge < -0.3 is 4.74 Å². The van der Waals surface area contributed by atoms with E-state index in [0.717, 1.165) is 0 Å². The molecule has 1 heterocycles. The number of hydrogen-bond donors (Lipinski definition) is 2. The first-order chi connectivity index (χ1) is 7.63. The number of aliphatic imine (C=N–C) groups is 1. The molecule has 7 heteroatoms. The van der Waals surface area contributed by atoms with Crippen molar-refractivity contribution in [3.05, 3.63) is 0 Å². The van der Waals surface area contributed by atoms with E-state index in [2.05, 4.69) is 15.6 Å². The summed E-state index contributed by atoms with van der Waals surface area (Å²) < 4.78 is 4.72. The fraction of sp³-hybridized carbons (Fsp3) is 0.556. The van der Waals surface area contributed by atoms with Gasteiger partial charge in [0.2, 0.25) is 5.96 Å². The predicted octanol–water partition coefficient (Wildman–Crippen LogP) is -1.07. The zero-order valence-corrected chi connectivity index (χ0v) is 8.91. The number of carbonyl (C=O) groups excluding carboxylic acids is 3. The van der Waals surface area contributed by atoms with E-state index in [1.165, 1.54) is 0 Å². The minimum atomic E-state index is -0.718. The van der Waals surface area contributed by atoms with Crippen molar-refractivity contribution in [2.24, 2.45) is 4.99 Å². The summed E-state index contributed by atoms with van der Waals surface area (Å²) in [6.07, 6.45) is 0.778. The molecule has 0 atom stereocenters. The molecule has 1 fully saturated rings. The van der Waals surface area contributed by atoms with Gasteiger partial charge in [-0.3, -0.25) is 30.0 Å². The Morgan fingerprint density at radius 1 is 1.31 bits per heavy atom. The molecule has 0 aromatic carbocycles. The molecule has 0 unspecified atom stereocenters. The number of ether oxygens (including phenoxy) is 1. The van der Waals surface area contributed by atoms with E-state index in [9.17, 15) is 14.4 Å². The Balaban J connectivity index is 2.20. The van der Waals surface area contributed by atoms with Crippen LogP contribution >= 0.6 is 0 Å². The molecule has 1 aliphatic rings. The summed E-state index contributed by atoms with van der Waals surface area (Å²) in [6, 6.07) is 0. The second kappa shape index (κ2) is 5.84. The summed E-state index contributed by atoms with van der Waals surface area (Å²) in [6.45, 7) is 2.44. The molecule has 2 N–H and O–H groups in total. The minimum Gasteiger partial charge on any atom is -0.466 e. The van der Waals surface area contributed by atoms with Gasteiger partial charge in [0.1, 0.15) is 0 Å². The molecule has 0 saturated carbocycles. The lowest BCUT2D eigenvalue weighted by Gasteiger charge is -2.00. The Hall–Kier alpha value is -1.92. The molecule has 1 saturated heterocycles. The van der Waals surface area contributed by atoms with E-state index in [4.69, 9.17) is 4.74 Å². The zero-order chi connectivity index (χ0) is 12.0. The lowest BCUT2D eigenvalue weighted by Crippen LogP contribution is -2.25. The second-order valence-corrected chi connectivity index (χ2v) is 3.05. The van der Waals surface area contributed by atoms with Gasteiger partial charge in [-0.05, 0) is 13.3 Å². The minimum absolute atomic E-state index is 0.138. The van der Waals surface area contributed by atoms with E-state index in [0.29, 0.717) is 19.6 Å². The highest BCUT2D eigenvalue weighted by atomic mass is 16.5. The number of guanidine groups is 1. The summed E-state index contributed by atoms with van der Waals surface area (Å²) >= 11 is 0. The van der Waals surface area contributed by atoms with Crippen LogP contribution < -0.4 is 10.6 Å². The van der Waals surface area contributed by atoms with Crippen LogP contribution in [0.2, 0.25) is 0 Å². The Bertz CT molecular complexity index is 320. The van der Waals surface area contributed by atoms with E-state index in [1.54, 1.807) is 6.92 Å². The number of rotatable bonds is 5. The van der Waals surface area contributed by atoms with Crippen LogP contribution in [0, 0.1) is 0 Å². The maximum absolute atomic E-state index is 10.9. The summed E-state index contributed by atoms with van der Waals surface area (Å²) in [5, 5.41) is 4.50. The van der Waals surface area contributed by atoms with Gasteiger partial charge in [-0.1, -0.05) is 0 Å². The molecule has 16 heavy (non-hydrogen) atoms. The van der Waals surface area contributed by atoms with Gasteiger partial charge in [-0.25, -0.2) is 0 Å². The number of nitrogens with zero attached hydrogens (tertiary/aromatic N) is 1. The highest BCUT2D eigenvalue weighted by Crippen LogP contribution is 1.94. The molecule has 0 bridgehead atoms. The molecule has 1 rings (SSSR count). The van der Waals surface area contributed by atoms with Gasteiger partial charge in [0.15, 0.2) is 0 Å². The summed E-state index contributed by atoms with van der Waals surface area (Å²) in [5.74, 6) is -1.57. The maximum Gasteiger partial charge on any atom is 0.316 e. The number of nitrogens with one attached hydrogen (secondary N) is 2. The van der Waals surface area contributed by atoms with Crippen LogP contribution in [0.4, 0.5) is 0 Å². The van der Waals surface area contributed by atoms with Gasteiger partial charge in [-0.2, -0.15) is 0 Å². The summed E-state index contributed by atoms with van der Waals surface area (Å²) in [5.41, 5.74) is 0. The van der Waals surface area contributed by atoms with Crippen LogP contribution in [0.25, 0.3) is 0 Å². The zero-order valence-electron chi connectivity index (χ0n) is 8.91. The Kier molecular flexibility index (Phi) is 4.43. The smallest absolute Gasteiger partial charge is 0.316 e. The molecule has 0 radical (unpaired) electrons. The highest BCUT2D eigenvalue weighted by Gasteiger charge is 2.24.